The molecule has 2 aliphatic rings. The molecule has 0 aliphatic heterocycles. The number of hydrogen-bond donors (Lipinski definition) is 0. The van der Waals surface area contributed by atoms with Gasteiger partial charge in [-0.3, -0.25) is 9.59 Å². The monoisotopic (exact) mass is 674 g/mol. The number of carbonyl (C=O) groups excluding carboxylic acids is 2. The fraction of sp³-hybridized carbons (Fsp3) is 0.810. The molecule has 2 rings (SSSR count). The maximum Gasteiger partial charge on any atom is 0.460 e. The second-order valence-corrected chi connectivity index (χ2v) is 9.54. The van der Waals surface area contributed by atoms with Crippen LogP contribution >= 0.6 is 0 Å². The number of halogens is 18. The van der Waals surface area contributed by atoms with Gasteiger partial charge in [0.1, 0.15) is 0 Å². The van der Waals surface area contributed by atoms with Gasteiger partial charge in [-0.25, -0.2) is 0 Å². The molecule has 0 spiro atoms. The minimum atomic E-state index is -7.22. The summed E-state index contributed by atoms with van der Waals surface area (Å²) in [6.07, 6.45) is -17.1. The number of fused-ring (bicyclic) bond motifs is 2. The highest BCUT2D eigenvalue weighted by Gasteiger charge is 2.82. The van der Waals surface area contributed by atoms with Gasteiger partial charge in [-0.2, -0.15) is 79.0 Å². The van der Waals surface area contributed by atoms with Crippen molar-refractivity contribution in [3.63, 3.8) is 0 Å². The van der Waals surface area contributed by atoms with E-state index >= 15 is 0 Å². The molecule has 1 fully saturated rings. The van der Waals surface area contributed by atoms with E-state index in [2.05, 4.69) is 9.47 Å². The number of allylic oxidation sites excluding steroid dienone is 2. The van der Waals surface area contributed by atoms with E-state index < -0.39 is 110 Å². The van der Waals surface area contributed by atoms with Gasteiger partial charge < -0.3 is 9.47 Å². The largest absolute Gasteiger partial charge is 0.465 e. The number of carbonyl (C=O) groups is 2. The molecule has 22 heteroatoms. The maximum absolute atomic E-state index is 13.6. The van der Waals surface area contributed by atoms with Gasteiger partial charge in [0.05, 0.1) is 37.9 Å². The van der Waals surface area contributed by atoms with Crippen LogP contribution in [0.5, 0.6) is 0 Å². The minimum Gasteiger partial charge on any atom is -0.465 e. The summed E-state index contributed by atoms with van der Waals surface area (Å²) in [5.41, 5.74) is 0. The van der Waals surface area contributed by atoms with E-state index in [9.17, 15) is 88.6 Å². The lowest BCUT2D eigenvalue weighted by molar-refractivity contribution is -0.397. The lowest BCUT2D eigenvalue weighted by Crippen LogP contribution is -2.61. The third-order valence-corrected chi connectivity index (χ3v) is 6.74. The average Bonchev–Trinajstić information content (AvgIpc) is 3.43. The van der Waals surface area contributed by atoms with E-state index in [4.69, 9.17) is 0 Å². The van der Waals surface area contributed by atoms with Gasteiger partial charge in [-0.05, 0) is 18.3 Å². The molecule has 0 aromatic heterocycles. The minimum absolute atomic E-state index is 0.155. The molecule has 4 atom stereocenters. The number of ether oxygens (including phenoxy) is 2. The van der Waals surface area contributed by atoms with Gasteiger partial charge >= 0.3 is 59.8 Å². The zero-order valence-electron chi connectivity index (χ0n) is 20.4. The van der Waals surface area contributed by atoms with E-state index in [1.807, 2.05) is 0 Å². The highest BCUT2D eigenvalue weighted by atomic mass is 19.4. The molecule has 0 N–H and O–H groups in total. The van der Waals surface area contributed by atoms with Crippen LogP contribution < -0.4 is 0 Å². The number of rotatable bonds is 12. The van der Waals surface area contributed by atoms with Crippen molar-refractivity contribution in [2.45, 2.75) is 67.2 Å². The molecule has 2 unspecified atom stereocenters. The first kappa shape index (κ1) is 36.6. The molecule has 0 amide bonds. The Hall–Kier alpha value is -2.58. The Balaban J connectivity index is 2.07. The molecule has 0 heterocycles. The molecule has 0 radical (unpaired) electrons. The van der Waals surface area contributed by atoms with E-state index in [1.54, 1.807) is 0 Å². The third-order valence-electron chi connectivity index (χ3n) is 6.74. The smallest absolute Gasteiger partial charge is 0.460 e. The summed E-state index contributed by atoms with van der Waals surface area (Å²) in [5, 5.41) is 0. The van der Waals surface area contributed by atoms with Crippen LogP contribution in [0.1, 0.15) is 19.3 Å². The quantitative estimate of drug-likeness (QED) is 0.125. The highest BCUT2D eigenvalue weighted by molar-refractivity contribution is 5.84. The van der Waals surface area contributed by atoms with E-state index in [0.717, 1.165) is 0 Å². The SMILES string of the molecule is O=C(OCCC(F)(F)C(F)(F)C(F)(F)C(F)(F)F)[C@@H]1C2C=CC(C2)[C@H]1C(=O)OCCC(F)(F)C(F)(F)C(F)(F)C(F)(F)F. The second-order valence-electron chi connectivity index (χ2n) is 9.54. The normalized spacial score (nSPS) is 24.0. The third kappa shape index (κ3) is 6.19. The van der Waals surface area contributed by atoms with Crippen molar-refractivity contribution >= 4 is 11.9 Å². The van der Waals surface area contributed by atoms with Crippen molar-refractivity contribution in [1.82, 2.24) is 0 Å². The highest BCUT2D eigenvalue weighted by Crippen LogP contribution is 2.55. The van der Waals surface area contributed by atoms with Crippen LogP contribution in [0.25, 0.3) is 0 Å². The Kier molecular flexibility index (Phi) is 9.45. The molecule has 250 valence electrons. The fourth-order valence-corrected chi connectivity index (χ4v) is 4.35. The first-order valence-electron chi connectivity index (χ1n) is 11.4. The van der Waals surface area contributed by atoms with Crippen LogP contribution in [-0.2, 0) is 19.1 Å². The Morgan fingerprint density at radius 1 is 0.512 bits per heavy atom. The number of esters is 2. The van der Waals surface area contributed by atoms with Gasteiger partial charge in [-0.1, -0.05) is 12.2 Å². The summed E-state index contributed by atoms with van der Waals surface area (Å²) in [6, 6.07) is 0. The van der Waals surface area contributed by atoms with Crippen molar-refractivity contribution in [3.8, 4) is 0 Å². The van der Waals surface area contributed by atoms with Gasteiger partial charge in [0.25, 0.3) is 0 Å². The van der Waals surface area contributed by atoms with Crippen molar-refractivity contribution in [3.05, 3.63) is 12.2 Å². The first-order valence-corrected chi connectivity index (χ1v) is 11.4. The van der Waals surface area contributed by atoms with Crippen LogP contribution in [0.3, 0.4) is 0 Å². The number of alkyl halides is 18. The zero-order chi connectivity index (χ0) is 33.8. The van der Waals surface area contributed by atoms with Crippen molar-refractivity contribution in [2.24, 2.45) is 23.7 Å². The van der Waals surface area contributed by atoms with Crippen LogP contribution in [0.4, 0.5) is 79.0 Å². The molecular weight excluding hydrogens is 658 g/mol. The summed E-state index contributed by atoms with van der Waals surface area (Å²) in [5.74, 6) is -49.9. The van der Waals surface area contributed by atoms with Crippen molar-refractivity contribution in [1.29, 1.82) is 0 Å². The molecule has 4 nitrogen and oxygen atoms in total. The summed E-state index contributed by atoms with van der Waals surface area (Å²) < 4.78 is 241. The van der Waals surface area contributed by atoms with Crippen LogP contribution in [0.2, 0.25) is 0 Å². The maximum atomic E-state index is 13.6. The molecule has 2 bridgehead atoms. The first-order chi connectivity index (χ1) is 19.0. The van der Waals surface area contributed by atoms with Gasteiger partial charge in [0.2, 0.25) is 0 Å². The van der Waals surface area contributed by atoms with Crippen LogP contribution in [-0.4, -0.2) is 73.0 Å². The second kappa shape index (κ2) is 11.1. The Morgan fingerprint density at radius 3 is 1.05 bits per heavy atom. The Labute approximate surface area is 227 Å². The van der Waals surface area contributed by atoms with Gasteiger partial charge in [-0.15, -0.1) is 0 Å². The molecular formula is C21H16F18O4. The summed E-state index contributed by atoms with van der Waals surface area (Å²) in [4.78, 5) is 24.8. The summed E-state index contributed by atoms with van der Waals surface area (Å²) in [6.45, 7) is -3.83. The predicted molar refractivity (Wildman–Crippen MR) is 101 cm³/mol. The van der Waals surface area contributed by atoms with Crippen LogP contribution in [0, 0.1) is 23.7 Å². The predicted octanol–water partition coefficient (Wildman–Crippen LogP) is 7.23. The summed E-state index contributed by atoms with van der Waals surface area (Å²) >= 11 is 0. The van der Waals surface area contributed by atoms with E-state index in [1.165, 1.54) is 12.2 Å². The number of hydrogen-bond acceptors (Lipinski definition) is 4. The molecule has 1 saturated carbocycles. The molecule has 0 aromatic carbocycles. The lowest BCUT2D eigenvalue weighted by Gasteiger charge is -2.34. The average molecular weight is 674 g/mol. The summed E-state index contributed by atoms with van der Waals surface area (Å²) in [7, 11) is 0. The van der Waals surface area contributed by atoms with Crippen molar-refractivity contribution < 1.29 is 98.1 Å². The van der Waals surface area contributed by atoms with E-state index in [-0.39, 0.29) is 6.42 Å². The Bertz CT molecular complexity index is 995. The molecule has 2 aliphatic carbocycles. The Morgan fingerprint density at radius 2 is 0.791 bits per heavy atom. The van der Waals surface area contributed by atoms with Gasteiger partial charge in [0.15, 0.2) is 0 Å². The standard InChI is InChI=1S/C21H16F18O4/c22-14(23,16(26,27)18(30,31)20(34,35)36)3-5-42-12(40)10-8-1-2-9(7-8)11(10)13(41)43-6-4-15(24,25)17(28,29)19(32,33)21(37,38)39/h1-2,8-11H,3-7H2/t8?,9?,10-,11-/m1/s1. The zero-order valence-corrected chi connectivity index (χ0v) is 20.4. The van der Waals surface area contributed by atoms with Crippen molar-refractivity contribution in [2.75, 3.05) is 13.2 Å². The fourth-order valence-electron chi connectivity index (χ4n) is 4.35. The van der Waals surface area contributed by atoms with Crippen LogP contribution in [0.15, 0.2) is 12.2 Å². The topological polar surface area (TPSA) is 52.6 Å². The lowest BCUT2D eigenvalue weighted by atomic mass is 9.83. The molecule has 0 aromatic rings. The van der Waals surface area contributed by atoms with E-state index in [0.29, 0.717) is 0 Å². The molecule has 0 saturated heterocycles. The van der Waals surface area contributed by atoms with Gasteiger partial charge in [0, 0.05) is 0 Å². The molecule has 43 heavy (non-hydrogen) atoms.